The molecule has 2 heterocycles. The molecular formula is C19H14N2O8S. The van der Waals surface area contributed by atoms with Gasteiger partial charge in [-0.1, -0.05) is 0 Å². The van der Waals surface area contributed by atoms with E-state index in [2.05, 4.69) is 0 Å². The molecule has 3 aromatic rings. The van der Waals surface area contributed by atoms with Crippen molar-refractivity contribution in [2.75, 3.05) is 0 Å². The zero-order valence-electron chi connectivity index (χ0n) is 15.3. The highest BCUT2D eigenvalue weighted by Crippen LogP contribution is 2.33. The lowest BCUT2D eigenvalue weighted by atomic mass is 9.99. The van der Waals surface area contributed by atoms with Crippen molar-refractivity contribution in [3.8, 4) is 5.75 Å². The minimum absolute atomic E-state index is 0.0248. The molecule has 1 aliphatic rings. The van der Waals surface area contributed by atoms with Crippen molar-refractivity contribution in [2.24, 2.45) is 0 Å². The summed E-state index contributed by atoms with van der Waals surface area (Å²) in [6.07, 6.45) is 2.29. The Labute approximate surface area is 169 Å². The van der Waals surface area contributed by atoms with Crippen LogP contribution in [0.3, 0.4) is 0 Å². The Morgan fingerprint density at radius 1 is 1.17 bits per heavy atom. The first-order chi connectivity index (χ1) is 14.2. The van der Waals surface area contributed by atoms with Crippen LogP contribution in [0.25, 0.3) is 10.9 Å². The summed E-state index contributed by atoms with van der Waals surface area (Å²) in [4.78, 5) is 33.7. The second kappa shape index (κ2) is 6.95. The van der Waals surface area contributed by atoms with Gasteiger partial charge in [0, 0.05) is 35.8 Å². The summed E-state index contributed by atoms with van der Waals surface area (Å²) in [5.41, 5.74) is -0.344. The van der Waals surface area contributed by atoms with Crippen LogP contribution in [0.2, 0.25) is 0 Å². The van der Waals surface area contributed by atoms with Crippen LogP contribution >= 0.6 is 0 Å². The van der Waals surface area contributed by atoms with E-state index < -0.39 is 26.4 Å². The maximum absolute atomic E-state index is 12.7. The maximum Gasteiger partial charge on any atom is 0.341 e. The van der Waals surface area contributed by atoms with E-state index in [-0.39, 0.29) is 27.3 Å². The number of pyridine rings is 1. The summed E-state index contributed by atoms with van der Waals surface area (Å²) in [7, 11) is -4.28. The predicted molar refractivity (Wildman–Crippen MR) is 104 cm³/mol. The zero-order valence-corrected chi connectivity index (χ0v) is 16.1. The Morgan fingerprint density at radius 3 is 2.50 bits per heavy atom. The van der Waals surface area contributed by atoms with Crippen LogP contribution in [0.1, 0.15) is 22.3 Å². The molecule has 1 aromatic heterocycles. The summed E-state index contributed by atoms with van der Waals surface area (Å²) < 4.78 is 32.2. The highest BCUT2D eigenvalue weighted by molar-refractivity contribution is 7.87. The van der Waals surface area contributed by atoms with Crippen molar-refractivity contribution < 1.29 is 27.4 Å². The van der Waals surface area contributed by atoms with E-state index >= 15 is 0 Å². The van der Waals surface area contributed by atoms with Gasteiger partial charge < -0.3 is 13.9 Å². The van der Waals surface area contributed by atoms with Crippen LogP contribution in [-0.2, 0) is 23.1 Å². The molecule has 0 bridgehead atoms. The predicted octanol–water partition coefficient (Wildman–Crippen LogP) is 2.32. The first-order valence-electron chi connectivity index (χ1n) is 8.80. The van der Waals surface area contributed by atoms with Crippen molar-refractivity contribution >= 4 is 32.7 Å². The van der Waals surface area contributed by atoms with Gasteiger partial charge in [-0.25, -0.2) is 4.79 Å². The number of rotatable bonds is 5. The molecule has 1 N–H and O–H groups in total. The average Bonchev–Trinajstić information content (AvgIpc) is 2.71. The van der Waals surface area contributed by atoms with Crippen molar-refractivity contribution in [2.45, 2.75) is 24.3 Å². The van der Waals surface area contributed by atoms with E-state index in [1.54, 1.807) is 4.57 Å². The van der Waals surface area contributed by atoms with E-state index in [1.807, 2.05) is 0 Å². The van der Waals surface area contributed by atoms with Gasteiger partial charge in [0.05, 0.1) is 10.4 Å². The van der Waals surface area contributed by atoms with Gasteiger partial charge in [-0.2, -0.15) is 8.42 Å². The Bertz CT molecular complexity index is 1370. The van der Waals surface area contributed by atoms with Crippen molar-refractivity contribution in [3.05, 3.63) is 74.1 Å². The van der Waals surface area contributed by atoms with E-state index in [9.17, 15) is 33.2 Å². The van der Waals surface area contributed by atoms with Crippen molar-refractivity contribution in [1.82, 2.24) is 4.57 Å². The number of benzene rings is 2. The second-order valence-corrected chi connectivity index (χ2v) is 8.25. The van der Waals surface area contributed by atoms with Gasteiger partial charge in [0.1, 0.15) is 16.2 Å². The largest absolute Gasteiger partial charge is 0.477 e. The van der Waals surface area contributed by atoms with Gasteiger partial charge in [-0.05, 0) is 37.1 Å². The lowest BCUT2D eigenvalue weighted by molar-refractivity contribution is -0.384. The molecule has 0 saturated heterocycles. The highest BCUT2D eigenvalue weighted by atomic mass is 32.2. The molecule has 0 aliphatic carbocycles. The third-order valence-corrected chi connectivity index (χ3v) is 6.14. The fraction of sp³-hybridized carbons (Fsp3) is 0.158. The molecular weight excluding hydrogens is 416 g/mol. The maximum atomic E-state index is 12.7. The number of hydrogen-bond acceptors (Lipinski definition) is 7. The van der Waals surface area contributed by atoms with Gasteiger partial charge in [0.15, 0.2) is 0 Å². The van der Waals surface area contributed by atoms with Crippen molar-refractivity contribution in [1.29, 1.82) is 0 Å². The molecule has 10 nitrogen and oxygen atoms in total. The lowest BCUT2D eigenvalue weighted by Crippen LogP contribution is -2.22. The number of non-ortho nitro benzene ring substituents is 1. The van der Waals surface area contributed by atoms with Gasteiger partial charge in [0.2, 0.25) is 5.43 Å². The number of carboxylic acids is 1. The third-order valence-electron chi connectivity index (χ3n) is 4.89. The molecule has 0 unspecified atom stereocenters. The number of carbonyl (C=O) groups is 1. The molecule has 1 aliphatic heterocycles. The lowest BCUT2D eigenvalue weighted by Gasteiger charge is -2.22. The molecule has 0 atom stereocenters. The zero-order chi connectivity index (χ0) is 21.6. The van der Waals surface area contributed by atoms with Crippen LogP contribution in [0.15, 0.2) is 52.3 Å². The molecule has 0 amide bonds. The number of nitrogens with zero attached hydrogens (tertiary/aromatic N) is 2. The summed E-state index contributed by atoms with van der Waals surface area (Å²) in [5.74, 6) is -1.31. The number of aromatic carboxylic acids is 1. The monoisotopic (exact) mass is 430 g/mol. The fourth-order valence-corrected chi connectivity index (χ4v) is 4.49. The third kappa shape index (κ3) is 3.18. The Kier molecular flexibility index (Phi) is 4.54. The summed E-state index contributed by atoms with van der Waals surface area (Å²) in [6, 6.07) is 6.95. The molecule has 11 heteroatoms. The quantitative estimate of drug-likeness (QED) is 0.369. The smallest absolute Gasteiger partial charge is 0.341 e. The Hall–Kier alpha value is -3.73. The van der Waals surface area contributed by atoms with E-state index in [0.29, 0.717) is 30.5 Å². The molecule has 4 rings (SSSR count). The minimum Gasteiger partial charge on any atom is -0.477 e. The molecule has 0 saturated carbocycles. The van der Waals surface area contributed by atoms with Crippen LogP contribution in [0, 0.1) is 10.1 Å². The van der Waals surface area contributed by atoms with Gasteiger partial charge in [0.25, 0.3) is 5.69 Å². The van der Waals surface area contributed by atoms with E-state index in [1.165, 1.54) is 18.3 Å². The highest BCUT2D eigenvalue weighted by Gasteiger charge is 2.25. The van der Waals surface area contributed by atoms with Gasteiger partial charge >= 0.3 is 16.1 Å². The number of aryl methyl sites for hydroxylation is 2. The van der Waals surface area contributed by atoms with Crippen molar-refractivity contribution in [3.63, 3.8) is 0 Å². The van der Waals surface area contributed by atoms with Gasteiger partial charge in [-0.15, -0.1) is 0 Å². The number of carboxylic acid groups (broad SMARTS) is 1. The SMILES string of the molecule is O=C(O)c1cn2c3c(c(OS(=O)(=O)c4ccc([N+](=O)[O-])cc4)ccc3c1=O)CCC2. The molecule has 2 aromatic carbocycles. The summed E-state index contributed by atoms with van der Waals surface area (Å²) in [5, 5.41) is 20.2. The standard InChI is InChI=1S/C19H14N2O8S/c22-18-14-7-8-16(13-2-1-9-20(17(13)14)10-15(18)19(23)24)29-30(27,28)12-5-3-11(4-6-12)21(25)26/h3-8,10H,1-2,9H2,(H,23,24). The second-order valence-electron chi connectivity index (χ2n) is 6.70. The van der Waals surface area contributed by atoms with Gasteiger partial charge in [-0.3, -0.25) is 14.9 Å². The number of hydrogen-bond donors (Lipinski definition) is 1. The normalized spacial score (nSPS) is 13.2. The fourth-order valence-electron chi connectivity index (χ4n) is 3.53. The Balaban J connectivity index is 1.82. The molecule has 0 radical (unpaired) electrons. The molecule has 0 fully saturated rings. The first-order valence-corrected chi connectivity index (χ1v) is 10.2. The first kappa shape index (κ1) is 19.6. The van der Waals surface area contributed by atoms with Crippen LogP contribution in [-0.4, -0.2) is 29.0 Å². The number of nitro benzene ring substituents is 1. The minimum atomic E-state index is -4.28. The average molecular weight is 430 g/mol. The summed E-state index contributed by atoms with van der Waals surface area (Å²) in [6.45, 7) is 0.475. The molecule has 154 valence electrons. The summed E-state index contributed by atoms with van der Waals surface area (Å²) >= 11 is 0. The number of nitro groups is 1. The van der Waals surface area contributed by atoms with E-state index in [4.69, 9.17) is 4.18 Å². The van der Waals surface area contributed by atoms with Crippen LogP contribution in [0.4, 0.5) is 5.69 Å². The molecule has 0 spiro atoms. The Morgan fingerprint density at radius 2 is 1.87 bits per heavy atom. The van der Waals surface area contributed by atoms with E-state index in [0.717, 1.165) is 24.3 Å². The topological polar surface area (TPSA) is 146 Å². The molecule has 30 heavy (non-hydrogen) atoms. The van der Waals surface area contributed by atoms with Crippen LogP contribution in [0.5, 0.6) is 5.75 Å². The number of aromatic nitrogens is 1. The van der Waals surface area contributed by atoms with Crippen LogP contribution < -0.4 is 9.61 Å².